The van der Waals surface area contributed by atoms with Crippen molar-refractivity contribution in [1.82, 2.24) is 29.7 Å². The number of hydrogen-bond donors (Lipinski definition) is 1. The minimum absolute atomic E-state index is 0.173. The Bertz CT molecular complexity index is 812. The van der Waals surface area contributed by atoms with Crippen molar-refractivity contribution < 1.29 is 4.79 Å². The summed E-state index contributed by atoms with van der Waals surface area (Å²) in [7, 11) is 1.95. The molecule has 0 bridgehead atoms. The quantitative estimate of drug-likeness (QED) is 0.789. The summed E-state index contributed by atoms with van der Waals surface area (Å²) in [4.78, 5) is 12.1. The number of fused-ring (bicyclic) bond motifs is 1. The molecule has 1 fully saturated rings. The van der Waals surface area contributed by atoms with Crippen molar-refractivity contribution in [2.45, 2.75) is 25.3 Å². The van der Waals surface area contributed by atoms with Crippen LogP contribution in [-0.2, 0) is 13.6 Å². The molecule has 1 aliphatic rings. The van der Waals surface area contributed by atoms with Crippen molar-refractivity contribution >= 4 is 22.9 Å². The molecule has 1 saturated carbocycles. The molecule has 0 spiro atoms. The van der Waals surface area contributed by atoms with Crippen LogP contribution in [0.2, 0.25) is 0 Å². The van der Waals surface area contributed by atoms with Gasteiger partial charge < -0.3 is 9.88 Å². The minimum atomic E-state index is -0.173. The van der Waals surface area contributed by atoms with Crippen molar-refractivity contribution in [3.63, 3.8) is 0 Å². The number of amides is 1. The number of aromatic nitrogens is 5. The van der Waals surface area contributed by atoms with Gasteiger partial charge in [-0.1, -0.05) is 11.3 Å². The van der Waals surface area contributed by atoms with Crippen LogP contribution in [0.4, 0.5) is 0 Å². The van der Waals surface area contributed by atoms with Crippen LogP contribution in [-0.4, -0.2) is 30.3 Å². The SMILES string of the molecule is Cn1ccn2ncc(CNC(=O)c3nnc(C4CC4)s3)c12. The molecular weight excluding hydrogens is 288 g/mol. The molecule has 3 aromatic rings. The summed E-state index contributed by atoms with van der Waals surface area (Å²) in [5.41, 5.74) is 1.95. The van der Waals surface area contributed by atoms with Crippen LogP contribution in [0.3, 0.4) is 0 Å². The average Bonchev–Trinajstić information content (AvgIpc) is 2.94. The molecule has 3 aromatic heterocycles. The smallest absolute Gasteiger partial charge is 0.282 e. The van der Waals surface area contributed by atoms with E-state index in [4.69, 9.17) is 0 Å². The maximum absolute atomic E-state index is 12.1. The maximum Gasteiger partial charge on any atom is 0.282 e. The Kier molecular flexibility index (Phi) is 2.78. The number of nitrogens with one attached hydrogen (secondary N) is 1. The Hall–Kier alpha value is -2.22. The molecule has 1 N–H and O–H groups in total. The Labute approximate surface area is 124 Å². The van der Waals surface area contributed by atoms with Crippen LogP contribution >= 0.6 is 11.3 Å². The van der Waals surface area contributed by atoms with E-state index in [0.717, 1.165) is 29.1 Å². The van der Waals surface area contributed by atoms with Gasteiger partial charge in [0.05, 0.1) is 6.20 Å². The van der Waals surface area contributed by atoms with E-state index in [1.165, 1.54) is 11.3 Å². The summed E-state index contributed by atoms with van der Waals surface area (Å²) in [6, 6.07) is 0. The minimum Gasteiger partial charge on any atom is -0.346 e. The topological polar surface area (TPSA) is 77.1 Å². The summed E-state index contributed by atoms with van der Waals surface area (Å²) in [6.07, 6.45) is 7.91. The predicted octanol–water partition coefficient (Wildman–Crippen LogP) is 1.33. The summed E-state index contributed by atoms with van der Waals surface area (Å²) < 4.78 is 3.77. The van der Waals surface area contributed by atoms with Gasteiger partial charge in [-0.25, -0.2) is 4.52 Å². The van der Waals surface area contributed by atoms with Crippen molar-refractivity contribution in [1.29, 1.82) is 0 Å². The zero-order chi connectivity index (χ0) is 14.4. The number of carbonyl (C=O) groups is 1. The third-order valence-corrected chi connectivity index (χ3v) is 4.69. The lowest BCUT2D eigenvalue weighted by Crippen LogP contribution is -2.22. The van der Waals surface area contributed by atoms with Crippen molar-refractivity contribution in [3.8, 4) is 0 Å². The highest BCUT2D eigenvalue weighted by atomic mass is 32.1. The fourth-order valence-electron chi connectivity index (χ4n) is 2.32. The van der Waals surface area contributed by atoms with Gasteiger partial charge in [-0.15, -0.1) is 10.2 Å². The molecule has 0 radical (unpaired) electrons. The summed E-state index contributed by atoms with van der Waals surface area (Å²) in [5, 5.41) is 16.6. The van der Waals surface area contributed by atoms with Gasteiger partial charge in [0.1, 0.15) is 10.7 Å². The van der Waals surface area contributed by atoms with Crippen LogP contribution < -0.4 is 5.32 Å². The molecule has 4 rings (SSSR count). The number of aryl methyl sites for hydroxylation is 1. The molecule has 0 aliphatic heterocycles. The molecule has 0 unspecified atom stereocenters. The second-order valence-electron chi connectivity index (χ2n) is 5.25. The summed E-state index contributed by atoms with van der Waals surface area (Å²) in [6.45, 7) is 0.429. The highest BCUT2D eigenvalue weighted by molar-refractivity contribution is 7.13. The summed E-state index contributed by atoms with van der Waals surface area (Å²) >= 11 is 1.40. The molecule has 1 aliphatic carbocycles. The second kappa shape index (κ2) is 4.66. The largest absolute Gasteiger partial charge is 0.346 e. The van der Waals surface area contributed by atoms with Gasteiger partial charge in [0.25, 0.3) is 5.91 Å². The van der Waals surface area contributed by atoms with Crippen molar-refractivity contribution in [2.24, 2.45) is 7.05 Å². The molecule has 21 heavy (non-hydrogen) atoms. The first-order valence-electron chi connectivity index (χ1n) is 6.81. The fraction of sp³-hybridized carbons (Fsp3) is 0.385. The van der Waals surface area contributed by atoms with E-state index in [0.29, 0.717) is 17.5 Å². The third-order valence-electron chi connectivity index (χ3n) is 3.61. The van der Waals surface area contributed by atoms with E-state index >= 15 is 0 Å². The fourth-order valence-corrected chi connectivity index (χ4v) is 3.25. The molecular formula is C13H14N6OS. The molecule has 3 heterocycles. The Morgan fingerprint density at radius 2 is 2.29 bits per heavy atom. The van der Waals surface area contributed by atoms with Crippen molar-refractivity contribution in [2.75, 3.05) is 0 Å². The second-order valence-corrected chi connectivity index (χ2v) is 6.26. The van der Waals surface area contributed by atoms with Crippen LogP contribution in [0, 0.1) is 0 Å². The molecule has 108 valence electrons. The van der Waals surface area contributed by atoms with Crippen LogP contribution in [0.15, 0.2) is 18.6 Å². The monoisotopic (exact) mass is 302 g/mol. The molecule has 0 saturated heterocycles. The maximum atomic E-state index is 12.1. The molecule has 8 heteroatoms. The number of rotatable bonds is 4. The number of imidazole rings is 1. The van der Waals surface area contributed by atoms with Gasteiger partial charge in [-0.2, -0.15) is 5.10 Å². The molecule has 7 nitrogen and oxygen atoms in total. The van der Waals surface area contributed by atoms with Crippen molar-refractivity contribution in [3.05, 3.63) is 34.2 Å². The van der Waals surface area contributed by atoms with Gasteiger partial charge in [-0.3, -0.25) is 4.79 Å². The van der Waals surface area contributed by atoms with E-state index in [9.17, 15) is 4.79 Å². The van der Waals surface area contributed by atoms with Gasteiger partial charge in [-0.05, 0) is 12.8 Å². The first kappa shape index (κ1) is 12.5. The van der Waals surface area contributed by atoms with E-state index in [2.05, 4.69) is 20.6 Å². The van der Waals surface area contributed by atoms with Gasteiger partial charge in [0, 0.05) is 37.5 Å². The lowest BCUT2D eigenvalue weighted by molar-refractivity contribution is 0.0950. The average molecular weight is 302 g/mol. The molecule has 1 amide bonds. The zero-order valence-corrected chi connectivity index (χ0v) is 12.3. The Balaban J connectivity index is 1.47. The van der Waals surface area contributed by atoms with E-state index in [-0.39, 0.29) is 5.91 Å². The first-order chi connectivity index (χ1) is 10.2. The number of carbonyl (C=O) groups excluding carboxylic acids is 1. The Morgan fingerprint density at radius 1 is 1.43 bits per heavy atom. The standard InChI is InChI=1S/C13H14N6OS/c1-18-4-5-19-13(18)9(7-15-19)6-14-10(20)12-17-16-11(21-12)8-2-3-8/h4-5,7-8H,2-3,6H2,1H3,(H,14,20). The summed E-state index contributed by atoms with van der Waals surface area (Å²) in [5.74, 6) is 0.357. The highest BCUT2D eigenvalue weighted by Crippen LogP contribution is 2.41. The zero-order valence-electron chi connectivity index (χ0n) is 11.5. The van der Waals surface area contributed by atoms with Crippen LogP contribution in [0.25, 0.3) is 5.65 Å². The van der Waals surface area contributed by atoms with E-state index in [1.807, 2.05) is 24.0 Å². The van der Waals surface area contributed by atoms with E-state index < -0.39 is 0 Å². The van der Waals surface area contributed by atoms with Gasteiger partial charge in [0.15, 0.2) is 0 Å². The number of nitrogens with zero attached hydrogens (tertiary/aromatic N) is 5. The Morgan fingerprint density at radius 3 is 3.10 bits per heavy atom. The number of hydrogen-bond acceptors (Lipinski definition) is 5. The lowest BCUT2D eigenvalue weighted by Gasteiger charge is -2.01. The molecule has 0 atom stereocenters. The van der Waals surface area contributed by atoms with E-state index in [1.54, 1.807) is 10.7 Å². The highest BCUT2D eigenvalue weighted by Gasteiger charge is 2.28. The van der Waals surface area contributed by atoms with Crippen LogP contribution in [0.5, 0.6) is 0 Å². The van der Waals surface area contributed by atoms with Crippen LogP contribution in [0.1, 0.15) is 39.1 Å². The predicted molar refractivity (Wildman–Crippen MR) is 77.2 cm³/mol. The lowest BCUT2D eigenvalue weighted by atomic mass is 10.3. The third kappa shape index (κ3) is 2.21. The molecule has 0 aromatic carbocycles. The first-order valence-corrected chi connectivity index (χ1v) is 7.63. The van der Waals surface area contributed by atoms with Gasteiger partial charge in [0.2, 0.25) is 5.01 Å². The van der Waals surface area contributed by atoms with Gasteiger partial charge >= 0.3 is 0 Å². The normalized spacial score (nSPS) is 14.7.